The van der Waals surface area contributed by atoms with Crippen molar-refractivity contribution in [3.05, 3.63) is 0 Å². The van der Waals surface area contributed by atoms with Crippen molar-refractivity contribution < 1.29 is 0 Å². The molecule has 0 N–H and O–H groups in total. The van der Waals surface area contributed by atoms with Crippen molar-refractivity contribution in [3.8, 4) is 0 Å². The number of unbranched alkanes of at least 4 members (excludes halogenated alkanes) is 7. The second kappa shape index (κ2) is 14.4. The van der Waals surface area contributed by atoms with Crippen molar-refractivity contribution in [1.29, 1.82) is 0 Å². The van der Waals surface area contributed by atoms with E-state index in [2.05, 4.69) is 27.7 Å². The Morgan fingerprint density at radius 3 is 1.15 bits per heavy atom. The SMILES string of the molecule is CCCCCCC[PH](CCCC)(CCCC)CCCC. The molecule has 0 spiro atoms. The molecule has 0 atom stereocenters. The van der Waals surface area contributed by atoms with Crippen molar-refractivity contribution in [3.63, 3.8) is 0 Å². The molecule has 0 amide bonds. The topological polar surface area (TPSA) is 0 Å². The van der Waals surface area contributed by atoms with Crippen LogP contribution in [0.4, 0.5) is 0 Å². The standard InChI is InChI=1S/C19H43P/c1-5-9-13-14-15-19-20(16-10-6-2,17-11-7-3)18-12-8-4/h20H,5-19H2,1-4H3. The molecule has 0 aromatic rings. The van der Waals surface area contributed by atoms with E-state index >= 15 is 0 Å². The van der Waals surface area contributed by atoms with Gasteiger partial charge in [0.25, 0.3) is 0 Å². The zero-order chi connectivity index (χ0) is 15.1. The zero-order valence-corrected chi connectivity index (χ0v) is 16.1. The molecule has 0 aliphatic heterocycles. The number of hydrogen-bond donors (Lipinski definition) is 0. The van der Waals surface area contributed by atoms with Crippen molar-refractivity contribution in [2.75, 3.05) is 24.6 Å². The predicted octanol–water partition coefficient (Wildman–Crippen LogP) is 7.11. The van der Waals surface area contributed by atoms with E-state index in [1.165, 1.54) is 64.2 Å². The molecule has 0 bridgehead atoms. The van der Waals surface area contributed by atoms with Gasteiger partial charge in [0.1, 0.15) is 0 Å². The van der Waals surface area contributed by atoms with E-state index in [1.54, 1.807) is 31.1 Å². The average molecular weight is 303 g/mol. The monoisotopic (exact) mass is 302 g/mol. The fraction of sp³-hybridized carbons (Fsp3) is 1.00. The average Bonchev–Trinajstić information content (AvgIpc) is 2.48. The Bertz CT molecular complexity index is 166. The van der Waals surface area contributed by atoms with Crippen molar-refractivity contribution >= 4 is 7.26 Å². The third kappa shape index (κ3) is 10.2. The summed E-state index contributed by atoms with van der Waals surface area (Å²) >= 11 is 0. The van der Waals surface area contributed by atoms with E-state index < -0.39 is 7.26 Å². The van der Waals surface area contributed by atoms with Crippen LogP contribution in [-0.4, -0.2) is 24.6 Å². The van der Waals surface area contributed by atoms with Gasteiger partial charge >= 0.3 is 130 Å². The van der Waals surface area contributed by atoms with Crippen LogP contribution >= 0.6 is 7.26 Å². The molecule has 0 saturated heterocycles. The second-order valence-electron chi connectivity index (χ2n) is 6.97. The second-order valence-corrected chi connectivity index (χ2v) is 12.0. The van der Waals surface area contributed by atoms with Gasteiger partial charge < -0.3 is 0 Å². The molecular weight excluding hydrogens is 259 g/mol. The fourth-order valence-electron chi connectivity index (χ4n) is 3.51. The summed E-state index contributed by atoms with van der Waals surface area (Å²) in [4.78, 5) is 0. The first-order valence-corrected chi connectivity index (χ1v) is 12.6. The van der Waals surface area contributed by atoms with Crippen LogP contribution in [0.3, 0.4) is 0 Å². The molecule has 0 fully saturated rings. The summed E-state index contributed by atoms with van der Waals surface area (Å²) in [5.74, 6) is 0. The summed E-state index contributed by atoms with van der Waals surface area (Å²) in [6, 6.07) is 0. The van der Waals surface area contributed by atoms with Crippen molar-refractivity contribution in [2.45, 2.75) is 98.3 Å². The Morgan fingerprint density at radius 1 is 0.400 bits per heavy atom. The molecule has 0 rings (SSSR count). The first-order valence-electron chi connectivity index (χ1n) is 9.74. The molecule has 0 aliphatic carbocycles. The van der Waals surface area contributed by atoms with Crippen molar-refractivity contribution in [1.82, 2.24) is 0 Å². The molecule has 1 heteroatoms. The van der Waals surface area contributed by atoms with Crippen molar-refractivity contribution in [2.24, 2.45) is 0 Å². The third-order valence-electron chi connectivity index (χ3n) is 4.99. The van der Waals surface area contributed by atoms with Gasteiger partial charge in [0, 0.05) is 0 Å². The van der Waals surface area contributed by atoms with E-state index in [0.29, 0.717) is 0 Å². The van der Waals surface area contributed by atoms with E-state index in [0.717, 1.165) is 0 Å². The van der Waals surface area contributed by atoms with Crippen LogP contribution in [0.2, 0.25) is 0 Å². The summed E-state index contributed by atoms with van der Waals surface area (Å²) in [7, 11) is -0.919. The summed E-state index contributed by atoms with van der Waals surface area (Å²) < 4.78 is 0. The maximum atomic E-state index is 2.38. The normalized spacial score (nSPS) is 12.8. The molecule has 0 aliphatic rings. The summed E-state index contributed by atoms with van der Waals surface area (Å²) in [5, 5.41) is 0. The van der Waals surface area contributed by atoms with Gasteiger partial charge in [-0.05, 0) is 0 Å². The van der Waals surface area contributed by atoms with E-state index in [4.69, 9.17) is 0 Å². The molecule has 0 unspecified atom stereocenters. The molecular formula is C19H43P. The van der Waals surface area contributed by atoms with Gasteiger partial charge in [-0.1, -0.05) is 0 Å². The van der Waals surface area contributed by atoms with Gasteiger partial charge in [-0.15, -0.1) is 0 Å². The van der Waals surface area contributed by atoms with Crippen LogP contribution in [0.5, 0.6) is 0 Å². The first kappa shape index (κ1) is 20.4. The molecule has 124 valence electrons. The van der Waals surface area contributed by atoms with Crippen LogP contribution in [0.1, 0.15) is 98.3 Å². The zero-order valence-electron chi connectivity index (χ0n) is 15.1. The van der Waals surface area contributed by atoms with Gasteiger partial charge in [-0.2, -0.15) is 0 Å². The van der Waals surface area contributed by atoms with Gasteiger partial charge in [-0.3, -0.25) is 0 Å². The van der Waals surface area contributed by atoms with Gasteiger partial charge in [0.05, 0.1) is 0 Å². The minimum atomic E-state index is -0.919. The predicted molar refractivity (Wildman–Crippen MR) is 101 cm³/mol. The van der Waals surface area contributed by atoms with Gasteiger partial charge in [0.15, 0.2) is 0 Å². The van der Waals surface area contributed by atoms with Crippen LogP contribution in [0.25, 0.3) is 0 Å². The fourth-order valence-corrected chi connectivity index (χ4v) is 9.32. The van der Waals surface area contributed by atoms with Gasteiger partial charge in [0.2, 0.25) is 0 Å². The van der Waals surface area contributed by atoms with Gasteiger partial charge in [-0.25, -0.2) is 0 Å². The summed E-state index contributed by atoms with van der Waals surface area (Å²) in [6.45, 7) is 9.45. The molecule has 20 heavy (non-hydrogen) atoms. The molecule has 0 aromatic heterocycles. The van der Waals surface area contributed by atoms with Crippen LogP contribution in [-0.2, 0) is 0 Å². The van der Waals surface area contributed by atoms with E-state index in [9.17, 15) is 0 Å². The van der Waals surface area contributed by atoms with Crippen LogP contribution in [0, 0.1) is 0 Å². The minimum absolute atomic E-state index is 0.919. The van der Waals surface area contributed by atoms with Crippen LogP contribution in [0.15, 0.2) is 0 Å². The summed E-state index contributed by atoms with van der Waals surface area (Å²) in [6.07, 6.45) is 22.7. The molecule has 0 saturated carbocycles. The molecule has 0 aromatic carbocycles. The Kier molecular flexibility index (Phi) is 14.7. The summed E-state index contributed by atoms with van der Waals surface area (Å²) in [5.41, 5.74) is 0. The molecule has 0 heterocycles. The Balaban J connectivity index is 4.34. The Morgan fingerprint density at radius 2 is 0.750 bits per heavy atom. The van der Waals surface area contributed by atoms with Crippen LogP contribution < -0.4 is 0 Å². The van der Waals surface area contributed by atoms with E-state index in [-0.39, 0.29) is 0 Å². The third-order valence-corrected chi connectivity index (χ3v) is 10.6. The Hall–Kier alpha value is 0.430. The quantitative estimate of drug-likeness (QED) is 0.223. The maximum absolute atomic E-state index is 2.38. The molecule has 0 nitrogen and oxygen atoms in total. The molecule has 0 radical (unpaired) electrons. The number of hydrogen-bond acceptors (Lipinski definition) is 0. The first-order chi connectivity index (χ1) is 9.74. The van der Waals surface area contributed by atoms with E-state index in [1.807, 2.05) is 0 Å². The Labute approximate surface area is 130 Å². The number of rotatable bonds is 15.